The second-order valence-corrected chi connectivity index (χ2v) is 7.40. The zero-order valence-electron chi connectivity index (χ0n) is 16.9. The molecule has 0 aliphatic heterocycles. The predicted molar refractivity (Wildman–Crippen MR) is 114 cm³/mol. The second-order valence-electron chi connectivity index (χ2n) is 7.40. The minimum Gasteiger partial charge on any atom is -0.469 e. The summed E-state index contributed by atoms with van der Waals surface area (Å²) in [5.74, 6) is 0.477. The van der Waals surface area contributed by atoms with Crippen molar-refractivity contribution in [3.8, 4) is 22.6 Å². The van der Waals surface area contributed by atoms with Crippen LogP contribution >= 0.6 is 0 Å². The molecule has 0 saturated carbocycles. The molecule has 1 heterocycles. The SMILES string of the molecule is COC(=O)CCCCC(=O)Nc1ccc(-c2onc3c2CCc2ccccc2-3)cc1. The first-order valence-electron chi connectivity index (χ1n) is 10.2. The number of fused-ring (bicyclic) bond motifs is 3. The van der Waals surface area contributed by atoms with Crippen molar-refractivity contribution in [2.45, 2.75) is 38.5 Å². The smallest absolute Gasteiger partial charge is 0.305 e. The van der Waals surface area contributed by atoms with Gasteiger partial charge in [-0.15, -0.1) is 0 Å². The first-order chi connectivity index (χ1) is 14.7. The van der Waals surface area contributed by atoms with Crippen LogP contribution in [0.5, 0.6) is 0 Å². The molecule has 30 heavy (non-hydrogen) atoms. The lowest BCUT2D eigenvalue weighted by atomic mass is 9.88. The topological polar surface area (TPSA) is 81.4 Å². The summed E-state index contributed by atoms with van der Waals surface area (Å²) < 4.78 is 10.3. The monoisotopic (exact) mass is 404 g/mol. The highest BCUT2D eigenvalue weighted by molar-refractivity contribution is 5.91. The van der Waals surface area contributed by atoms with Gasteiger partial charge in [0.25, 0.3) is 0 Å². The molecule has 0 saturated heterocycles. The Morgan fingerprint density at radius 2 is 1.80 bits per heavy atom. The first-order valence-corrected chi connectivity index (χ1v) is 10.2. The fourth-order valence-electron chi connectivity index (χ4n) is 3.79. The van der Waals surface area contributed by atoms with Gasteiger partial charge in [-0.25, -0.2) is 0 Å². The van der Waals surface area contributed by atoms with Crippen LogP contribution in [-0.4, -0.2) is 24.1 Å². The van der Waals surface area contributed by atoms with E-state index < -0.39 is 0 Å². The lowest BCUT2D eigenvalue weighted by Gasteiger charge is -2.14. The van der Waals surface area contributed by atoms with E-state index in [0.29, 0.717) is 25.7 Å². The Kier molecular flexibility index (Phi) is 5.93. The number of rotatable bonds is 7. The molecule has 1 aliphatic carbocycles. The fourth-order valence-corrected chi connectivity index (χ4v) is 3.79. The Morgan fingerprint density at radius 1 is 1.03 bits per heavy atom. The number of aryl methyl sites for hydroxylation is 1. The molecule has 6 nitrogen and oxygen atoms in total. The van der Waals surface area contributed by atoms with Gasteiger partial charge in [0, 0.05) is 35.2 Å². The van der Waals surface area contributed by atoms with Gasteiger partial charge in [-0.1, -0.05) is 29.4 Å². The molecule has 1 amide bonds. The summed E-state index contributed by atoms with van der Waals surface area (Å²) in [6.07, 6.45) is 3.86. The lowest BCUT2D eigenvalue weighted by molar-refractivity contribution is -0.140. The number of esters is 1. The molecule has 0 bridgehead atoms. The van der Waals surface area contributed by atoms with Gasteiger partial charge in [0.15, 0.2) is 5.76 Å². The molecular weight excluding hydrogens is 380 g/mol. The number of ether oxygens (including phenoxy) is 1. The second kappa shape index (κ2) is 8.95. The summed E-state index contributed by atoms with van der Waals surface area (Å²) in [4.78, 5) is 23.2. The quantitative estimate of drug-likeness (QED) is 0.453. The van der Waals surface area contributed by atoms with E-state index in [4.69, 9.17) is 4.52 Å². The Bertz CT molecular complexity index is 1050. The normalized spacial score (nSPS) is 12.0. The summed E-state index contributed by atoms with van der Waals surface area (Å²) in [5.41, 5.74) is 6.18. The van der Waals surface area contributed by atoms with Gasteiger partial charge in [-0.2, -0.15) is 0 Å². The number of hydrogen-bond donors (Lipinski definition) is 1. The highest BCUT2D eigenvalue weighted by Gasteiger charge is 2.24. The zero-order chi connectivity index (χ0) is 20.9. The maximum Gasteiger partial charge on any atom is 0.305 e. The van der Waals surface area contributed by atoms with E-state index in [0.717, 1.165) is 46.7 Å². The number of anilines is 1. The summed E-state index contributed by atoms with van der Waals surface area (Å²) in [6.45, 7) is 0. The van der Waals surface area contributed by atoms with Crippen LogP contribution in [0.4, 0.5) is 5.69 Å². The molecular formula is C24H24N2O4. The molecule has 154 valence electrons. The third-order valence-electron chi connectivity index (χ3n) is 5.40. The molecule has 6 heteroatoms. The maximum atomic E-state index is 12.1. The predicted octanol–water partition coefficient (Wildman–Crippen LogP) is 4.78. The average Bonchev–Trinajstić information content (AvgIpc) is 3.22. The number of hydrogen-bond acceptors (Lipinski definition) is 5. The van der Waals surface area contributed by atoms with E-state index >= 15 is 0 Å². The van der Waals surface area contributed by atoms with Crippen LogP contribution in [0, 0.1) is 0 Å². The standard InChI is InChI=1S/C24H24N2O4/c1-29-22(28)9-5-4-8-21(27)25-18-13-10-17(11-14-18)24-20-15-12-16-6-2-3-7-19(16)23(20)26-30-24/h2-3,6-7,10-11,13-14H,4-5,8-9,12,15H2,1H3,(H,25,27). The molecule has 0 fully saturated rings. The third kappa shape index (κ3) is 4.27. The van der Waals surface area contributed by atoms with Gasteiger partial charge < -0.3 is 14.6 Å². The highest BCUT2D eigenvalue weighted by Crippen LogP contribution is 2.38. The zero-order valence-corrected chi connectivity index (χ0v) is 16.9. The van der Waals surface area contributed by atoms with Crippen molar-refractivity contribution in [2.75, 3.05) is 12.4 Å². The van der Waals surface area contributed by atoms with Crippen LogP contribution in [-0.2, 0) is 27.2 Å². The van der Waals surface area contributed by atoms with Crippen molar-refractivity contribution in [2.24, 2.45) is 0 Å². The lowest BCUT2D eigenvalue weighted by Crippen LogP contribution is -2.11. The highest BCUT2D eigenvalue weighted by atomic mass is 16.5. The number of nitrogens with zero attached hydrogens (tertiary/aromatic N) is 1. The van der Waals surface area contributed by atoms with Crippen LogP contribution in [0.2, 0.25) is 0 Å². The van der Waals surface area contributed by atoms with Gasteiger partial charge in [0.2, 0.25) is 5.91 Å². The number of methoxy groups -OCH3 is 1. The summed E-state index contributed by atoms with van der Waals surface area (Å²) in [5, 5.41) is 7.22. The van der Waals surface area contributed by atoms with Gasteiger partial charge >= 0.3 is 5.97 Å². The number of unbranched alkanes of at least 4 members (excludes halogenated alkanes) is 1. The number of benzene rings is 2. The van der Waals surface area contributed by atoms with Crippen molar-refractivity contribution in [3.05, 3.63) is 59.7 Å². The third-order valence-corrected chi connectivity index (χ3v) is 5.40. The molecule has 1 N–H and O–H groups in total. The number of nitrogens with one attached hydrogen (secondary N) is 1. The molecule has 0 spiro atoms. The largest absolute Gasteiger partial charge is 0.469 e. The van der Waals surface area contributed by atoms with Gasteiger partial charge in [-0.05, 0) is 55.5 Å². The average molecular weight is 404 g/mol. The van der Waals surface area contributed by atoms with Crippen molar-refractivity contribution >= 4 is 17.6 Å². The van der Waals surface area contributed by atoms with Crippen LogP contribution in [0.25, 0.3) is 22.6 Å². The maximum absolute atomic E-state index is 12.1. The van der Waals surface area contributed by atoms with E-state index in [-0.39, 0.29) is 11.9 Å². The summed E-state index contributed by atoms with van der Waals surface area (Å²) in [6, 6.07) is 15.9. The molecule has 3 aromatic rings. The first kappa shape index (κ1) is 19.9. The molecule has 4 rings (SSSR count). The summed E-state index contributed by atoms with van der Waals surface area (Å²) >= 11 is 0. The number of aromatic nitrogens is 1. The minimum atomic E-state index is -0.246. The van der Waals surface area contributed by atoms with Crippen molar-refractivity contribution in [3.63, 3.8) is 0 Å². The molecule has 0 radical (unpaired) electrons. The van der Waals surface area contributed by atoms with E-state index in [1.165, 1.54) is 12.7 Å². The van der Waals surface area contributed by atoms with Crippen LogP contribution in [0.15, 0.2) is 53.1 Å². The molecule has 2 aromatic carbocycles. The van der Waals surface area contributed by atoms with Crippen molar-refractivity contribution in [1.82, 2.24) is 5.16 Å². The fraction of sp³-hybridized carbons (Fsp3) is 0.292. The minimum absolute atomic E-state index is 0.0683. The number of amides is 1. The Balaban J connectivity index is 1.39. The van der Waals surface area contributed by atoms with Crippen molar-refractivity contribution < 1.29 is 18.8 Å². The molecule has 1 aromatic heterocycles. The number of carbonyl (C=O) groups is 2. The Labute approximate surface area is 175 Å². The molecule has 0 atom stereocenters. The summed E-state index contributed by atoms with van der Waals surface area (Å²) in [7, 11) is 1.37. The van der Waals surface area contributed by atoms with E-state index in [9.17, 15) is 9.59 Å². The molecule has 1 aliphatic rings. The van der Waals surface area contributed by atoms with E-state index in [1.54, 1.807) is 0 Å². The van der Waals surface area contributed by atoms with E-state index in [1.807, 2.05) is 30.3 Å². The van der Waals surface area contributed by atoms with Crippen molar-refractivity contribution in [1.29, 1.82) is 0 Å². The van der Waals surface area contributed by atoms with Crippen LogP contribution < -0.4 is 5.32 Å². The van der Waals surface area contributed by atoms with E-state index in [2.05, 4.69) is 33.4 Å². The number of carbonyl (C=O) groups excluding carboxylic acids is 2. The Hall–Kier alpha value is -3.41. The molecule has 0 unspecified atom stereocenters. The van der Waals surface area contributed by atoms with Gasteiger partial charge in [0.05, 0.1) is 7.11 Å². The Morgan fingerprint density at radius 3 is 2.60 bits per heavy atom. The van der Waals surface area contributed by atoms with Gasteiger partial charge in [0.1, 0.15) is 5.69 Å². The van der Waals surface area contributed by atoms with Crippen LogP contribution in [0.1, 0.15) is 36.8 Å². The van der Waals surface area contributed by atoms with Crippen LogP contribution in [0.3, 0.4) is 0 Å². The van der Waals surface area contributed by atoms with Gasteiger partial charge in [-0.3, -0.25) is 9.59 Å².